The molecule has 0 aliphatic heterocycles. The van der Waals surface area contributed by atoms with Crippen molar-refractivity contribution in [3.05, 3.63) is 53.4 Å². The standard InChI is InChI=1S/C20H27F3N2O/c1-6-7-9-16(13-24(2)3)19(26)18(14-25(4)5)15-10-8-11-17(12-15)20(21,22)23/h8,10-14H,6-7,9H2,1-5H3. The fraction of sp³-hybridized carbons (Fsp3) is 0.450. The Morgan fingerprint density at radius 3 is 2.19 bits per heavy atom. The lowest BCUT2D eigenvalue weighted by molar-refractivity contribution is -0.137. The molecule has 0 aliphatic rings. The fourth-order valence-electron chi connectivity index (χ4n) is 2.47. The first kappa shape index (κ1) is 21.8. The topological polar surface area (TPSA) is 23.6 Å². The van der Waals surface area contributed by atoms with Crippen LogP contribution in [0, 0.1) is 0 Å². The highest BCUT2D eigenvalue weighted by atomic mass is 19.4. The van der Waals surface area contributed by atoms with E-state index in [-0.39, 0.29) is 16.9 Å². The van der Waals surface area contributed by atoms with Crippen molar-refractivity contribution in [3.63, 3.8) is 0 Å². The normalized spacial score (nSPS) is 12.9. The highest BCUT2D eigenvalue weighted by molar-refractivity contribution is 6.28. The molecule has 1 rings (SSSR count). The molecule has 3 nitrogen and oxygen atoms in total. The maximum atomic E-state index is 13.1. The molecule has 0 unspecified atom stereocenters. The van der Waals surface area contributed by atoms with Gasteiger partial charge in [0.2, 0.25) is 0 Å². The zero-order valence-electron chi connectivity index (χ0n) is 16.0. The summed E-state index contributed by atoms with van der Waals surface area (Å²) in [6, 6.07) is 4.90. The Balaban J connectivity index is 3.40. The third-order valence-electron chi connectivity index (χ3n) is 3.64. The zero-order valence-corrected chi connectivity index (χ0v) is 16.0. The van der Waals surface area contributed by atoms with Crippen LogP contribution in [-0.2, 0) is 11.0 Å². The van der Waals surface area contributed by atoms with E-state index in [0.29, 0.717) is 12.0 Å². The lowest BCUT2D eigenvalue weighted by Gasteiger charge is -2.17. The third kappa shape index (κ3) is 6.58. The van der Waals surface area contributed by atoms with Gasteiger partial charge in [-0.1, -0.05) is 25.5 Å². The second-order valence-electron chi connectivity index (χ2n) is 6.64. The number of unbranched alkanes of at least 4 members (excludes halogenated alkanes) is 1. The summed E-state index contributed by atoms with van der Waals surface area (Å²) in [5.41, 5.74) is 0.339. The molecule has 0 bridgehead atoms. The van der Waals surface area contributed by atoms with Gasteiger partial charge in [-0.05, 0) is 30.5 Å². The van der Waals surface area contributed by atoms with E-state index >= 15 is 0 Å². The first-order valence-corrected chi connectivity index (χ1v) is 8.54. The predicted molar refractivity (Wildman–Crippen MR) is 99.4 cm³/mol. The quantitative estimate of drug-likeness (QED) is 0.615. The summed E-state index contributed by atoms with van der Waals surface area (Å²) in [7, 11) is 7.11. The monoisotopic (exact) mass is 368 g/mol. The van der Waals surface area contributed by atoms with Gasteiger partial charge in [-0.25, -0.2) is 0 Å². The Morgan fingerprint density at radius 2 is 1.69 bits per heavy atom. The van der Waals surface area contributed by atoms with Crippen molar-refractivity contribution >= 4 is 11.4 Å². The maximum Gasteiger partial charge on any atom is 0.416 e. The van der Waals surface area contributed by atoms with E-state index in [1.807, 2.05) is 21.0 Å². The summed E-state index contributed by atoms with van der Waals surface area (Å²) in [4.78, 5) is 16.6. The van der Waals surface area contributed by atoms with Crippen molar-refractivity contribution in [1.29, 1.82) is 0 Å². The number of carbonyl (C=O) groups is 1. The summed E-state index contributed by atoms with van der Waals surface area (Å²) in [6.45, 7) is 2.03. The van der Waals surface area contributed by atoms with E-state index in [9.17, 15) is 18.0 Å². The molecule has 0 spiro atoms. The summed E-state index contributed by atoms with van der Waals surface area (Å²) in [5, 5.41) is 0. The molecule has 0 radical (unpaired) electrons. The van der Waals surface area contributed by atoms with Crippen molar-refractivity contribution in [1.82, 2.24) is 9.80 Å². The number of Topliss-reactive ketones (excluding diaryl/α,β-unsaturated/α-hetero) is 1. The van der Waals surface area contributed by atoms with Gasteiger partial charge in [0.05, 0.1) is 5.56 Å². The van der Waals surface area contributed by atoms with Crippen molar-refractivity contribution in [2.75, 3.05) is 28.2 Å². The average Bonchev–Trinajstić information content (AvgIpc) is 2.54. The SMILES string of the molecule is CCCCC(=CN(C)C)C(=O)C(=CN(C)C)c1cccc(C(F)(F)F)c1. The highest BCUT2D eigenvalue weighted by Gasteiger charge is 2.31. The van der Waals surface area contributed by atoms with Crippen LogP contribution in [0.15, 0.2) is 42.2 Å². The lowest BCUT2D eigenvalue weighted by Crippen LogP contribution is -2.14. The molecular weight excluding hydrogens is 341 g/mol. The largest absolute Gasteiger partial charge is 0.416 e. The van der Waals surface area contributed by atoms with Crippen LogP contribution in [0.1, 0.15) is 37.3 Å². The number of ketones is 1. The summed E-state index contributed by atoms with van der Waals surface area (Å²) < 4.78 is 39.2. The first-order valence-electron chi connectivity index (χ1n) is 8.54. The van der Waals surface area contributed by atoms with E-state index in [1.165, 1.54) is 12.1 Å². The molecule has 26 heavy (non-hydrogen) atoms. The van der Waals surface area contributed by atoms with Gasteiger partial charge < -0.3 is 9.80 Å². The van der Waals surface area contributed by atoms with Crippen molar-refractivity contribution in [3.8, 4) is 0 Å². The van der Waals surface area contributed by atoms with E-state index in [1.54, 1.807) is 36.3 Å². The molecule has 1 aromatic rings. The van der Waals surface area contributed by atoms with E-state index < -0.39 is 11.7 Å². The molecule has 0 amide bonds. The fourth-order valence-corrected chi connectivity index (χ4v) is 2.47. The van der Waals surface area contributed by atoms with E-state index in [0.717, 1.165) is 25.0 Å². The maximum absolute atomic E-state index is 13.1. The minimum absolute atomic E-state index is 0.250. The van der Waals surface area contributed by atoms with Gasteiger partial charge in [0.25, 0.3) is 0 Å². The van der Waals surface area contributed by atoms with Gasteiger partial charge >= 0.3 is 6.18 Å². The highest BCUT2D eigenvalue weighted by Crippen LogP contribution is 2.32. The summed E-state index contributed by atoms with van der Waals surface area (Å²) >= 11 is 0. The molecule has 0 fully saturated rings. The molecule has 0 heterocycles. The number of carbonyl (C=O) groups excluding carboxylic acids is 1. The van der Waals surface area contributed by atoms with Crippen molar-refractivity contribution < 1.29 is 18.0 Å². The zero-order chi connectivity index (χ0) is 19.9. The number of halogens is 3. The van der Waals surface area contributed by atoms with Gasteiger partial charge in [-0.15, -0.1) is 0 Å². The predicted octanol–water partition coefficient (Wildman–Crippen LogP) is 4.81. The summed E-state index contributed by atoms with van der Waals surface area (Å²) in [5.74, 6) is -0.250. The minimum Gasteiger partial charge on any atom is -0.383 e. The summed E-state index contributed by atoms with van der Waals surface area (Å²) in [6.07, 6.45) is 1.21. The van der Waals surface area contributed by atoms with E-state index in [2.05, 4.69) is 0 Å². The molecule has 0 saturated carbocycles. The molecule has 144 valence electrons. The van der Waals surface area contributed by atoms with Gasteiger partial charge in [0.1, 0.15) is 0 Å². The molecule has 1 aromatic carbocycles. The van der Waals surface area contributed by atoms with Crippen LogP contribution in [0.4, 0.5) is 13.2 Å². The Bertz CT molecular complexity index is 674. The molecule has 0 aromatic heterocycles. The Morgan fingerprint density at radius 1 is 1.08 bits per heavy atom. The number of hydrogen-bond donors (Lipinski definition) is 0. The number of alkyl halides is 3. The molecule has 0 aliphatic carbocycles. The number of benzene rings is 1. The molecule has 0 atom stereocenters. The number of allylic oxidation sites excluding steroid dienone is 2. The Kier molecular flexibility index (Phi) is 7.93. The second-order valence-corrected chi connectivity index (χ2v) is 6.64. The van der Waals surface area contributed by atoms with Crippen molar-refractivity contribution in [2.24, 2.45) is 0 Å². The lowest BCUT2D eigenvalue weighted by atomic mass is 9.93. The van der Waals surface area contributed by atoms with Crippen LogP contribution >= 0.6 is 0 Å². The third-order valence-corrected chi connectivity index (χ3v) is 3.64. The van der Waals surface area contributed by atoms with Crippen LogP contribution in [0.2, 0.25) is 0 Å². The van der Waals surface area contributed by atoms with Crippen LogP contribution < -0.4 is 0 Å². The number of rotatable bonds is 8. The van der Waals surface area contributed by atoms with Crippen LogP contribution in [0.3, 0.4) is 0 Å². The second kappa shape index (κ2) is 9.46. The molecule has 0 saturated heterocycles. The number of nitrogens with zero attached hydrogens (tertiary/aromatic N) is 2. The van der Waals surface area contributed by atoms with Crippen LogP contribution in [0.5, 0.6) is 0 Å². The van der Waals surface area contributed by atoms with Gasteiger partial charge in [0.15, 0.2) is 5.78 Å². The van der Waals surface area contributed by atoms with E-state index in [4.69, 9.17) is 0 Å². The Hall–Kier alpha value is -2.24. The van der Waals surface area contributed by atoms with Gasteiger partial charge in [0, 0.05) is 51.7 Å². The molecule has 0 N–H and O–H groups in total. The molecule has 6 heteroatoms. The van der Waals surface area contributed by atoms with Crippen LogP contribution in [0.25, 0.3) is 5.57 Å². The molecular formula is C20H27F3N2O. The number of hydrogen-bond acceptors (Lipinski definition) is 3. The first-order chi connectivity index (χ1) is 12.1. The van der Waals surface area contributed by atoms with Gasteiger partial charge in [-0.3, -0.25) is 4.79 Å². The average molecular weight is 368 g/mol. The van der Waals surface area contributed by atoms with Crippen LogP contribution in [-0.4, -0.2) is 43.8 Å². The van der Waals surface area contributed by atoms with Crippen molar-refractivity contribution in [2.45, 2.75) is 32.4 Å². The Labute approximate surface area is 153 Å². The smallest absolute Gasteiger partial charge is 0.383 e. The minimum atomic E-state index is -4.45. The van der Waals surface area contributed by atoms with Gasteiger partial charge in [-0.2, -0.15) is 13.2 Å².